The standard InChI is InChI=1S/C14H23FN2O/c1-6-17-12(13(18-5)14(2,3)4)10-7-11(15)9-16-8-10/h7-9,12-13,17H,6H2,1-5H3. The topological polar surface area (TPSA) is 34.2 Å². The fourth-order valence-corrected chi connectivity index (χ4v) is 2.21. The van der Waals surface area contributed by atoms with E-state index in [0.29, 0.717) is 0 Å². The monoisotopic (exact) mass is 254 g/mol. The van der Waals surface area contributed by atoms with Crippen LogP contribution in [0.2, 0.25) is 0 Å². The van der Waals surface area contributed by atoms with Crippen LogP contribution in [-0.4, -0.2) is 24.7 Å². The minimum atomic E-state index is -0.320. The summed E-state index contributed by atoms with van der Waals surface area (Å²) in [5, 5.41) is 3.35. The molecule has 1 N–H and O–H groups in total. The van der Waals surface area contributed by atoms with Crippen molar-refractivity contribution in [2.45, 2.75) is 39.8 Å². The molecule has 0 fully saturated rings. The summed E-state index contributed by atoms with van der Waals surface area (Å²) in [5.41, 5.74) is 0.770. The van der Waals surface area contributed by atoms with Crippen molar-refractivity contribution in [3.05, 3.63) is 29.8 Å². The maximum atomic E-state index is 13.3. The molecule has 2 atom stereocenters. The van der Waals surface area contributed by atoms with E-state index in [0.717, 1.165) is 12.1 Å². The first-order chi connectivity index (χ1) is 8.40. The molecule has 0 radical (unpaired) electrons. The number of halogens is 1. The molecule has 0 saturated heterocycles. The SMILES string of the molecule is CCNC(c1cncc(F)c1)C(OC)C(C)(C)C. The Morgan fingerprint density at radius 3 is 2.50 bits per heavy atom. The van der Waals surface area contributed by atoms with Gasteiger partial charge in [-0.15, -0.1) is 0 Å². The van der Waals surface area contributed by atoms with Crippen LogP contribution in [0.3, 0.4) is 0 Å². The van der Waals surface area contributed by atoms with Crippen molar-refractivity contribution < 1.29 is 9.13 Å². The number of nitrogens with one attached hydrogen (secondary N) is 1. The highest BCUT2D eigenvalue weighted by atomic mass is 19.1. The summed E-state index contributed by atoms with van der Waals surface area (Å²) in [6.07, 6.45) is 2.85. The summed E-state index contributed by atoms with van der Waals surface area (Å²) >= 11 is 0. The fraction of sp³-hybridized carbons (Fsp3) is 0.643. The predicted molar refractivity (Wildman–Crippen MR) is 70.9 cm³/mol. The molecule has 0 bridgehead atoms. The third kappa shape index (κ3) is 3.75. The number of hydrogen-bond donors (Lipinski definition) is 1. The van der Waals surface area contributed by atoms with Crippen molar-refractivity contribution in [3.8, 4) is 0 Å². The maximum absolute atomic E-state index is 13.3. The van der Waals surface area contributed by atoms with Crippen molar-refractivity contribution >= 4 is 0 Å². The lowest BCUT2D eigenvalue weighted by Gasteiger charge is -2.36. The lowest BCUT2D eigenvalue weighted by Crippen LogP contribution is -2.41. The van der Waals surface area contributed by atoms with Gasteiger partial charge in [0.1, 0.15) is 5.82 Å². The van der Waals surface area contributed by atoms with Crippen LogP contribution in [0.25, 0.3) is 0 Å². The van der Waals surface area contributed by atoms with Gasteiger partial charge < -0.3 is 10.1 Å². The van der Waals surface area contributed by atoms with Crippen LogP contribution in [0.15, 0.2) is 18.5 Å². The molecule has 0 amide bonds. The number of ether oxygens (including phenoxy) is 1. The molecule has 0 aliphatic rings. The van der Waals surface area contributed by atoms with E-state index < -0.39 is 0 Å². The number of aromatic nitrogens is 1. The zero-order valence-corrected chi connectivity index (χ0v) is 11.8. The highest BCUT2D eigenvalue weighted by Gasteiger charge is 2.33. The van der Waals surface area contributed by atoms with Gasteiger partial charge in [-0.3, -0.25) is 4.98 Å². The quantitative estimate of drug-likeness (QED) is 0.877. The van der Waals surface area contributed by atoms with Gasteiger partial charge in [-0.25, -0.2) is 4.39 Å². The van der Waals surface area contributed by atoms with Crippen molar-refractivity contribution in [3.63, 3.8) is 0 Å². The number of nitrogens with zero attached hydrogens (tertiary/aromatic N) is 1. The smallest absolute Gasteiger partial charge is 0.141 e. The van der Waals surface area contributed by atoms with E-state index in [4.69, 9.17) is 4.74 Å². The second kappa shape index (κ2) is 6.25. The van der Waals surface area contributed by atoms with Crippen molar-refractivity contribution in [2.75, 3.05) is 13.7 Å². The van der Waals surface area contributed by atoms with Gasteiger partial charge in [-0.05, 0) is 23.6 Å². The average molecular weight is 254 g/mol. The maximum Gasteiger partial charge on any atom is 0.141 e. The summed E-state index contributed by atoms with van der Waals surface area (Å²) in [4.78, 5) is 3.92. The minimum Gasteiger partial charge on any atom is -0.379 e. The summed E-state index contributed by atoms with van der Waals surface area (Å²) in [5.74, 6) is -0.320. The zero-order valence-electron chi connectivity index (χ0n) is 11.8. The van der Waals surface area contributed by atoms with Crippen molar-refractivity contribution in [1.82, 2.24) is 10.3 Å². The molecular weight excluding hydrogens is 231 g/mol. The molecule has 2 unspecified atom stereocenters. The lowest BCUT2D eigenvalue weighted by atomic mass is 9.82. The highest BCUT2D eigenvalue weighted by molar-refractivity contribution is 5.17. The van der Waals surface area contributed by atoms with E-state index in [2.05, 4.69) is 31.1 Å². The van der Waals surface area contributed by atoms with Gasteiger partial charge in [0, 0.05) is 13.3 Å². The number of likely N-dealkylation sites (N-methyl/N-ethyl adjacent to an activating group) is 1. The minimum absolute atomic E-state index is 0.0477. The van der Waals surface area contributed by atoms with Gasteiger partial charge in [0.2, 0.25) is 0 Å². The Bertz CT molecular complexity index is 376. The molecule has 1 rings (SSSR count). The Labute approximate surface area is 109 Å². The zero-order chi connectivity index (χ0) is 13.8. The van der Waals surface area contributed by atoms with Gasteiger partial charge in [0.15, 0.2) is 0 Å². The van der Waals surface area contributed by atoms with Crippen molar-refractivity contribution in [1.29, 1.82) is 0 Å². The largest absolute Gasteiger partial charge is 0.379 e. The second-order valence-electron chi connectivity index (χ2n) is 5.49. The Balaban J connectivity index is 3.08. The molecule has 0 aliphatic carbocycles. The normalized spacial score (nSPS) is 15.4. The number of rotatable bonds is 5. The van der Waals surface area contributed by atoms with Crippen LogP contribution in [0.1, 0.15) is 39.3 Å². The predicted octanol–water partition coefficient (Wildman–Crippen LogP) is 2.93. The van der Waals surface area contributed by atoms with Crippen LogP contribution in [0.4, 0.5) is 4.39 Å². The van der Waals surface area contributed by atoms with Gasteiger partial charge in [-0.2, -0.15) is 0 Å². The average Bonchev–Trinajstić information content (AvgIpc) is 2.27. The first-order valence-corrected chi connectivity index (χ1v) is 6.26. The van der Waals surface area contributed by atoms with E-state index in [1.807, 2.05) is 6.92 Å². The summed E-state index contributed by atoms with van der Waals surface area (Å²) in [6.45, 7) is 9.14. The summed E-state index contributed by atoms with van der Waals surface area (Å²) in [7, 11) is 1.69. The Kier molecular flexibility index (Phi) is 5.23. The van der Waals surface area contributed by atoms with Crippen LogP contribution < -0.4 is 5.32 Å². The number of hydrogen-bond acceptors (Lipinski definition) is 3. The Hall–Kier alpha value is -1.00. The molecular formula is C14H23FN2O. The van der Waals surface area contributed by atoms with Gasteiger partial charge in [0.25, 0.3) is 0 Å². The van der Waals surface area contributed by atoms with Crippen LogP contribution in [0.5, 0.6) is 0 Å². The fourth-order valence-electron chi connectivity index (χ4n) is 2.21. The molecule has 0 aliphatic heterocycles. The van der Waals surface area contributed by atoms with E-state index in [-0.39, 0.29) is 23.4 Å². The van der Waals surface area contributed by atoms with Crippen molar-refractivity contribution in [2.24, 2.45) is 5.41 Å². The third-order valence-corrected chi connectivity index (χ3v) is 2.92. The number of methoxy groups -OCH3 is 1. The van der Waals surface area contributed by atoms with Gasteiger partial charge in [-0.1, -0.05) is 27.7 Å². The van der Waals surface area contributed by atoms with E-state index in [1.54, 1.807) is 13.3 Å². The molecule has 3 nitrogen and oxygen atoms in total. The van der Waals surface area contributed by atoms with Crippen LogP contribution >= 0.6 is 0 Å². The molecule has 102 valence electrons. The molecule has 18 heavy (non-hydrogen) atoms. The molecule has 1 aromatic rings. The first kappa shape index (κ1) is 15.1. The third-order valence-electron chi connectivity index (χ3n) is 2.92. The molecule has 4 heteroatoms. The summed E-state index contributed by atoms with van der Waals surface area (Å²) in [6, 6.07) is 1.45. The van der Waals surface area contributed by atoms with Gasteiger partial charge >= 0.3 is 0 Å². The molecule has 1 heterocycles. The second-order valence-corrected chi connectivity index (χ2v) is 5.49. The Morgan fingerprint density at radius 1 is 1.39 bits per heavy atom. The lowest BCUT2D eigenvalue weighted by molar-refractivity contribution is -0.0117. The number of pyridine rings is 1. The molecule has 0 saturated carbocycles. The summed E-state index contributed by atoms with van der Waals surface area (Å²) < 4.78 is 18.9. The molecule has 0 aromatic carbocycles. The van der Waals surface area contributed by atoms with E-state index in [9.17, 15) is 4.39 Å². The molecule has 1 aromatic heterocycles. The molecule has 0 spiro atoms. The van der Waals surface area contributed by atoms with Gasteiger partial charge in [0.05, 0.1) is 18.3 Å². The first-order valence-electron chi connectivity index (χ1n) is 6.26. The van der Waals surface area contributed by atoms with Crippen LogP contribution in [0, 0.1) is 11.2 Å². The van der Waals surface area contributed by atoms with E-state index in [1.165, 1.54) is 12.3 Å². The van der Waals surface area contributed by atoms with E-state index >= 15 is 0 Å². The highest BCUT2D eigenvalue weighted by Crippen LogP contribution is 2.32. The van der Waals surface area contributed by atoms with Crippen LogP contribution in [-0.2, 0) is 4.74 Å². The Morgan fingerprint density at radius 2 is 2.06 bits per heavy atom.